The minimum Gasteiger partial charge on any atom is -0.262 e. The van der Waals surface area contributed by atoms with Gasteiger partial charge in [0.25, 0.3) is 10.0 Å². The van der Waals surface area contributed by atoms with Crippen LogP contribution in [0.1, 0.15) is 22.9 Å². The Morgan fingerprint density at radius 2 is 2.10 bits per heavy atom. The molecule has 0 spiro atoms. The van der Waals surface area contributed by atoms with E-state index in [4.69, 9.17) is 11.6 Å². The zero-order chi connectivity index (χ0) is 15.2. The van der Waals surface area contributed by atoms with Gasteiger partial charge in [-0.15, -0.1) is 22.9 Å². The van der Waals surface area contributed by atoms with Crippen LogP contribution < -0.4 is 4.31 Å². The molecule has 1 aliphatic rings. The Balaban J connectivity index is 2.10. The van der Waals surface area contributed by atoms with Crippen LogP contribution in [0.2, 0.25) is 0 Å². The van der Waals surface area contributed by atoms with Gasteiger partial charge in [0.15, 0.2) is 0 Å². The molecule has 1 aromatic heterocycles. The van der Waals surface area contributed by atoms with Crippen molar-refractivity contribution in [3.05, 3.63) is 46.3 Å². The number of sulfonamides is 1. The molecule has 0 saturated heterocycles. The van der Waals surface area contributed by atoms with Gasteiger partial charge in [-0.25, -0.2) is 8.42 Å². The van der Waals surface area contributed by atoms with E-state index in [0.717, 1.165) is 28.1 Å². The second-order valence-corrected chi connectivity index (χ2v) is 8.73. The second kappa shape index (κ2) is 5.30. The molecule has 0 fully saturated rings. The second-order valence-electron chi connectivity index (χ2n) is 5.29. The van der Waals surface area contributed by atoms with Crippen molar-refractivity contribution in [1.82, 2.24) is 0 Å². The predicted octanol–water partition coefficient (Wildman–Crippen LogP) is 3.94. The number of benzene rings is 1. The van der Waals surface area contributed by atoms with Gasteiger partial charge in [0.2, 0.25) is 0 Å². The largest absolute Gasteiger partial charge is 0.274 e. The molecule has 1 aliphatic heterocycles. The Hall–Kier alpha value is -1.04. The highest BCUT2D eigenvalue weighted by molar-refractivity contribution is 7.94. The van der Waals surface area contributed by atoms with E-state index < -0.39 is 10.0 Å². The Kier molecular flexibility index (Phi) is 3.76. The molecule has 0 radical (unpaired) electrons. The van der Waals surface area contributed by atoms with Crippen LogP contribution in [-0.4, -0.2) is 14.5 Å². The van der Waals surface area contributed by atoms with Crippen LogP contribution >= 0.6 is 22.9 Å². The van der Waals surface area contributed by atoms with E-state index in [-0.39, 0.29) is 6.04 Å². The molecule has 3 rings (SSSR count). The van der Waals surface area contributed by atoms with Gasteiger partial charge in [0, 0.05) is 10.9 Å². The minimum atomic E-state index is -3.52. The van der Waals surface area contributed by atoms with E-state index >= 15 is 0 Å². The summed E-state index contributed by atoms with van der Waals surface area (Å²) in [7, 11) is -3.52. The van der Waals surface area contributed by atoms with E-state index in [9.17, 15) is 8.42 Å². The van der Waals surface area contributed by atoms with Crippen molar-refractivity contribution in [2.75, 3.05) is 4.31 Å². The molecule has 6 heteroatoms. The van der Waals surface area contributed by atoms with Crippen molar-refractivity contribution in [2.24, 2.45) is 0 Å². The lowest BCUT2D eigenvalue weighted by Gasteiger charge is -2.23. The first-order valence-electron chi connectivity index (χ1n) is 6.72. The first-order chi connectivity index (χ1) is 9.95. The number of nitrogens with zero attached hydrogens (tertiary/aromatic N) is 1. The standard InChI is InChI=1S/C15H16ClNO2S2/c1-10-7-15(20-14(10)9-16)21(18,19)17-11(2)8-12-5-3-4-6-13(12)17/h3-7,11H,8-9H2,1-2H3. The van der Waals surface area contributed by atoms with Crippen LogP contribution in [-0.2, 0) is 22.3 Å². The third-order valence-electron chi connectivity index (χ3n) is 3.78. The lowest BCUT2D eigenvalue weighted by atomic mass is 10.1. The Bertz CT molecular complexity index is 783. The zero-order valence-corrected chi connectivity index (χ0v) is 14.2. The summed E-state index contributed by atoms with van der Waals surface area (Å²) in [5.74, 6) is 0.345. The van der Waals surface area contributed by atoms with Crippen LogP contribution in [0.3, 0.4) is 0 Å². The molecular weight excluding hydrogens is 326 g/mol. The fourth-order valence-corrected chi connectivity index (χ4v) is 6.35. The summed E-state index contributed by atoms with van der Waals surface area (Å²) in [5.41, 5.74) is 2.82. The molecule has 0 bridgehead atoms. The summed E-state index contributed by atoms with van der Waals surface area (Å²) in [5, 5.41) is 0. The van der Waals surface area contributed by atoms with E-state index in [0.29, 0.717) is 10.1 Å². The summed E-state index contributed by atoms with van der Waals surface area (Å²) >= 11 is 7.14. The molecule has 0 aliphatic carbocycles. The van der Waals surface area contributed by atoms with Crippen LogP contribution in [0.5, 0.6) is 0 Å². The molecule has 21 heavy (non-hydrogen) atoms. The van der Waals surface area contributed by atoms with Crippen molar-refractivity contribution in [1.29, 1.82) is 0 Å². The smallest absolute Gasteiger partial charge is 0.262 e. The van der Waals surface area contributed by atoms with Crippen LogP contribution in [0.15, 0.2) is 34.5 Å². The van der Waals surface area contributed by atoms with E-state index in [1.54, 1.807) is 10.4 Å². The number of alkyl halides is 1. The lowest BCUT2D eigenvalue weighted by Crippen LogP contribution is -2.35. The normalized spacial score (nSPS) is 18.0. The molecule has 112 valence electrons. The van der Waals surface area contributed by atoms with E-state index in [1.165, 1.54) is 11.3 Å². The number of halogens is 1. The highest BCUT2D eigenvalue weighted by atomic mass is 35.5. The SMILES string of the molecule is Cc1cc(S(=O)(=O)N2c3ccccc3CC2C)sc1CCl. The fourth-order valence-electron chi connectivity index (χ4n) is 2.75. The van der Waals surface area contributed by atoms with Crippen molar-refractivity contribution >= 4 is 38.6 Å². The van der Waals surface area contributed by atoms with Crippen LogP contribution in [0.25, 0.3) is 0 Å². The number of fused-ring (bicyclic) bond motifs is 1. The third kappa shape index (κ3) is 2.37. The van der Waals surface area contributed by atoms with Gasteiger partial charge in [0.1, 0.15) is 4.21 Å². The quantitative estimate of drug-likeness (QED) is 0.793. The first kappa shape index (κ1) is 14.9. The van der Waals surface area contributed by atoms with Gasteiger partial charge >= 0.3 is 0 Å². The van der Waals surface area contributed by atoms with Crippen LogP contribution in [0, 0.1) is 6.92 Å². The Morgan fingerprint density at radius 3 is 2.76 bits per heavy atom. The zero-order valence-electron chi connectivity index (χ0n) is 11.8. The van der Waals surface area contributed by atoms with Gasteiger partial charge in [0.05, 0.1) is 11.6 Å². The number of aryl methyl sites for hydroxylation is 1. The fraction of sp³-hybridized carbons (Fsp3) is 0.333. The van der Waals surface area contributed by atoms with Crippen molar-refractivity contribution < 1.29 is 8.42 Å². The van der Waals surface area contributed by atoms with Crippen LogP contribution in [0.4, 0.5) is 5.69 Å². The number of para-hydroxylation sites is 1. The highest BCUT2D eigenvalue weighted by Gasteiger charge is 2.36. The molecule has 0 N–H and O–H groups in total. The molecule has 2 heterocycles. The maximum atomic E-state index is 13.0. The molecular formula is C15H16ClNO2S2. The number of hydrogen-bond donors (Lipinski definition) is 0. The summed E-state index contributed by atoms with van der Waals surface area (Å²) in [6.07, 6.45) is 0.752. The number of hydrogen-bond acceptors (Lipinski definition) is 3. The average Bonchev–Trinajstić information content (AvgIpc) is 2.98. The maximum absolute atomic E-state index is 13.0. The predicted molar refractivity (Wildman–Crippen MR) is 87.9 cm³/mol. The van der Waals surface area contributed by atoms with Gasteiger partial charge in [-0.2, -0.15) is 0 Å². The number of anilines is 1. The number of thiophene rings is 1. The van der Waals surface area contributed by atoms with Gasteiger partial charge in [-0.3, -0.25) is 4.31 Å². The van der Waals surface area contributed by atoms with Crippen molar-refractivity contribution in [2.45, 2.75) is 36.4 Å². The van der Waals surface area contributed by atoms with Gasteiger partial charge in [-0.05, 0) is 43.5 Å². The van der Waals surface area contributed by atoms with Gasteiger partial charge < -0.3 is 0 Å². The minimum absolute atomic E-state index is 0.0609. The highest BCUT2D eigenvalue weighted by Crippen LogP contribution is 2.39. The van der Waals surface area contributed by atoms with E-state index in [1.807, 2.05) is 38.1 Å². The molecule has 1 unspecified atom stereocenters. The average molecular weight is 342 g/mol. The van der Waals surface area contributed by atoms with E-state index in [2.05, 4.69) is 0 Å². The van der Waals surface area contributed by atoms with Crippen molar-refractivity contribution in [3.63, 3.8) is 0 Å². The third-order valence-corrected chi connectivity index (χ3v) is 7.82. The summed E-state index contributed by atoms with van der Waals surface area (Å²) in [4.78, 5) is 0.912. The summed E-state index contributed by atoms with van der Waals surface area (Å²) < 4.78 is 27.9. The maximum Gasteiger partial charge on any atom is 0.274 e. The number of rotatable bonds is 3. The molecule has 0 saturated carbocycles. The molecule has 0 amide bonds. The Labute approximate surface area is 134 Å². The topological polar surface area (TPSA) is 37.4 Å². The lowest BCUT2D eigenvalue weighted by molar-refractivity contribution is 0.586. The summed E-state index contributed by atoms with van der Waals surface area (Å²) in [6, 6.07) is 9.36. The molecule has 1 aromatic carbocycles. The van der Waals surface area contributed by atoms with Crippen molar-refractivity contribution in [3.8, 4) is 0 Å². The Morgan fingerprint density at radius 1 is 1.38 bits per heavy atom. The molecule has 3 nitrogen and oxygen atoms in total. The monoisotopic (exact) mass is 341 g/mol. The summed E-state index contributed by atoms with van der Waals surface area (Å²) in [6.45, 7) is 3.84. The first-order valence-corrected chi connectivity index (χ1v) is 9.52. The molecule has 1 atom stereocenters. The van der Waals surface area contributed by atoms with Gasteiger partial charge in [-0.1, -0.05) is 18.2 Å². The molecule has 2 aromatic rings.